The number of carbonyl (C=O) groups is 3. The number of hydrogen-bond donors (Lipinski definition) is 1. The minimum Gasteiger partial charge on any atom is -0.476 e. The number of carboxylic acids is 1. The van der Waals surface area contributed by atoms with Gasteiger partial charge in [0.25, 0.3) is 0 Å². The van der Waals surface area contributed by atoms with Gasteiger partial charge in [0, 0.05) is 24.2 Å². The monoisotopic (exact) mass is 413 g/mol. The van der Waals surface area contributed by atoms with Crippen LogP contribution < -0.4 is 4.90 Å². The summed E-state index contributed by atoms with van der Waals surface area (Å²) in [5.74, 6) is -3.57. The molecule has 0 bridgehead atoms. The SMILES string of the molecule is COC(=O)C1=C(C(=O)OC)N(c2ccc(-n3ccc(C(=O)O)n3)c(F)c2)C=CC=C1. The lowest BCUT2D eigenvalue weighted by Crippen LogP contribution is -2.27. The lowest BCUT2D eigenvalue weighted by Gasteiger charge is -2.23. The fourth-order valence-electron chi connectivity index (χ4n) is 2.77. The van der Waals surface area contributed by atoms with Gasteiger partial charge in [0.1, 0.15) is 11.4 Å². The number of ether oxygens (including phenoxy) is 2. The number of hydrogen-bond acceptors (Lipinski definition) is 7. The molecule has 2 aromatic rings. The van der Waals surface area contributed by atoms with E-state index in [1.54, 1.807) is 6.08 Å². The first kappa shape index (κ1) is 20.5. The van der Waals surface area contributed by atoms with Crippen molar-refractivity contribution in [3.63, 3.8) is 0 Å². The van der Waals surface area contributed by atoms with Crippen LogP contribution in [0.3, 0.4) is 0 Å². The molecule has 0 radical (unpaired) electrons. The normalized spacial score (nSPS) is 13.2. The first-order valence-corrected chi connectivity index (χ1v) is 8.51. The molecule has 0 aliphatic carbocycles. The summed E-state index contributed by atoms with van der Waals surface area (Å²) >= 11 is 0. The standard InChI is InChI=1S/C20H16FN3O6/c1-29-19(27)13-5-3-4-9-23(17(13)20(28)30-2)12-6-7-16(14(21)11-12)24-10-8-15(22-24)18(25)26/h3-11H,1-2H3,(H,25,26). The molecule has 3 rings (SSSR count). The number of carboxylic acid groups (broad SMARTS) is 1. The zero-order chi connectivity index (χ0) is 21.8. The van der Waals surface area contributed by atoms with Crippen LogP contribution in [0.4, 0.5) is 10.1 Å². The molecular weight excluding hydrogens is 397 g/mol. The largest absolute Gasteiger partial charge is 0.476 e. The van der Waals surface area contributed by atoms with Gasteiger partial charge in [-0.25, -0.2) is 23.5 Å². The van der Waals surface area contributed by atoms with Gasteiger partial charge >= 0.3 is 17.9 Å². The van der Waals surface area contributed by atoms with E-state index in [9.17, 15) is 18.8 Å². The molecule has 0 amide bonds. The number of nitrogens with zero attached hydrogens (tertiary/aromatic N) is 3. The zero-order valence-corrected chi connectivity index (χ0v) is 15.9. The second kappa shape index (κ2) is 8.43. The number of aromatic nitrogens is 2. The van der Waals surface area contributed by atoms with Crippen molar-refractivity contribution in [3.05, 3.63) is 77.7 Å². The molecule has 9 nitrogen and oxygen atoms in total. The number of aromatic carboxylic acids is 1. The molecule has 0 saturated heterocycles. The fraction of sp³-hybridized carbons (Fsp3) is 0.100. The molecular formula is C20H16FN3O6. The van der Waals surface area contributed by atoms with Gasteiger partial charge in [0.2, 0.25) is 0 Å². The van der Waals surface area contributed by atoms with Gasteiger partial charge in [-0.15, -0.1) is 0 Å². The summed E-state index contributed by atoms with van der Waals surface area (Å²) in [7, 11) is 2.33. The second-order valence-electron chi connectivity index (χ2n) is 5.90. The van der Waals surface area contributed by atoms with E-state index in [2.05, 4.69) is 5.10 Å². The number of benzene rings is 1. The lowest BCUT2D eigenvalue weighted by atomic mass is 10.1. The number of carbonyl (C=O) groups excluding carboxylic acids is 2. The number of methoxy groups -OCH3 is 2. The maximum atomic E-state index is 14.8. The van der Waals surface area contributed by atoms with E-state index < -0.39 is 23.7 Å². The minimum absolute atomic E-state index is 0.0000319. The van der Waals surface area contributed by atoms with Crippen LogP contribution in [-0.2, 0) is 19.1 Å². The summed E-state index contributed by atoms with van der Waals surface area (Å²) in [6.45, 7) is 0. The molecule has 0 fully saturated rings. The third-order valence-electron chi connectivity index (χ3n) is 4.15. The van der Waals surface area contributed by atoms with Crippen molar-refractivity contribution in [1.82, 2.24) is 9.78 Å². The van der Waals surface area contributed by atoms with E-state index in [1.807, 2.05) is 0 Å². The van der Waals surface area contributed by atoms with Gasteiger partial charge in [-0.1, -0.05) is 6.08 Å². The third kappa shape index (κ3) is 3.83. The highest BCUT2D eigenvalue weighted by Gasteiger charge is 2.28. The lowest BCUT2D eigenvalue weighted by molar-refractivity contribution is -0.139. The molecule has 0 saturated carbocycles. The van der Waals surface area contributed by atoms with Crippen LogP contribution in [-0.4, -0.2) is 47.0 Å². The number of allylic oxidation sites excluding steroid dienone is 2. The van der Waals surface area contributed by atoms with Gasteiger partial charge in [0.15, 0.2) is 11.5 Å². The summed E-state index contributed by atoms with van der Waals surface area (Å²) in [6.07, 6.45) is 7.24. The number of anilines is 1. The topological polar surface area (TPSA) is 111 Å². The molecule has 2 heterocycles. The van der Waals surface area contributed by atoms with E-state index in [1.165, 1.54) is 54.8 Å². The Kier molecular flexibility index (Phi) is 5.77. The van der Waals surface area contributed by atoms with E-state index in [-0.39, 0.29) is 28.3 Å². The van der Waals surface area contributed by atoms with Crippen molar-refractivity contribution < 1.29 is 33.4 Å². The van der Waals surface area contributed by atoms with Crippen LogP contribution in [0.15, 0.2) is 66.2 Å². The zero-order valence-electron chi connectivity index (χ0n) is 15.9. The first-order valence-electron chi connectivity index (χ1n) is 8.51. The van der Waals surface area contributed by atoms with Crippen LogP contribution in [0.25, 0.3) is 5.69 Å². The molecule has 30 heavy (non-hydrogen) atoms. The van der Waals surface area contributed by atoms with Gasteiger partial charge < -0.3 is 19.5 Å². The number of rotatable bonds is 5. The molecule has 1 aliphatic rings. The molecule has 1 aliphatic heterocycles. The maximum Gasteiger partial charge on any atom is 0.356 e. The third-order valence-corrected chi connectivity index (χ3v) is 4.15. The Balaban J connectivity index is 2.08. The summed E-state index contributed by atoms with van der Waals surface area (Å²) in [4.78, 5) is 36.9. The van der Waals surface area contributed by atoms with Crippen molar-refractivity contribution in [2.75, 3.05) is 19.1 Å². The van der Waals surface area contributed by atoms with Gasteiger partial charge in [-0.3, -0.25) is 0 Å². The Morgan fingerprint density at radius 1 is 1.07 bits per heavy atom. The molecule has 0 unspecified atom stereocenters. The van der Waals surface area contributed by atoms with Crippen molar-refractivity contribution in [2.45, 2.75) is 0 Å². The second-order valence-corrected chi connectivity index (χ2v) is 5.90. The van der Waals surface area contributed by atoms with Crippen molar-refractivity contribution in [3.8, 4) is 5.69 Å². The van der Waals surface area contributed by atoms with Crippen LogP contribution in [0.2, 0.25) is 0 Å². The van der Waals surface area contributed by atoms with E-state index >= 15 is 0 Å². The highest BCUT2D eigenvalue weighted by molar-refractivity contribution is 6.05. The average molecular weight is 413 g/mol. The number of halogens is 1. The van der Waals surface area contributed by atoms with Crippen molar-refractivity contribution in [2.24, 2.45) is 0 Å². The summed E-state index contributed by atoms with van der Waals surface area (Å²) in [5.41, 5.74) is -0.257. The van der Waals surface area contributed by atoms with Crippen LogP contribution in [0.1, 0.15) is 10.5 Å². The van der Waals surface area contributed by atoms with Crippen LogP contribution >= 0.6 is 0 Å². The van der Waals surface area contributed by atoms with E-state index in [0.717, 1.165) is 17.9 Å². The average Bonchev–Trinajstić information content (AvgIpc) is 3.12. The van der Waals surface area contributed by atoms with Gasteiger partial charge in [-0.2, -0.15) is 5.10 Å². The Bertz CT molecular complexity index is 1120. The quantitative estimate of drug-likeness (QED) is 0.743. The molecule has 1 N–H and O–H groups in total. The smallest absolute Gasteiger partial charge is 0.356 e. The molecule has 0 spiro atoms. The number of esters is 2. The Labute approximate surface area is 169 Å². The van der Waals surface area contributed by atoms with Crippen LogP contribution in [0.5, 0.6) is 0 Å². The van der Waals surface area contributed by atoms with Gasteiger partial charge in [-0.05, 0) is 30.4 Å². The predicted molar refractivity (Wildman–Crippen MR) is 102 cm³/mol. The fourth-order valence-corrected chi connectivity index (χ4v) is 2.77. The summed E-state index contributed by atoms with van der Waals surface area (Å²) < 4.78 is 25.4. The predicted octanol–water partition coefficient (Wildman–Crippen LogP) is 2.20. The first-order chi connectivity index (χ1) is 14.4. The maximum absolute atomic E-state index is 14.8. The van der Waals surface area contributed by atoms with E-state index in [0.29, 0.717) is 0 Å². The summed E-state index contributed by atoms with van der Waals surface area (Å²) in [5, 5.41) is 12.8. The highest BCUT2D eigenvalue weighted by atomic mass is 19.1. The Hall–Kier alpha value is -4.21. The van der Waals surface area contributed by atoms with E-state index in [4.69, 9.17) is 14.6 Å². The van der Waals surface area contributed by atoms with Crippen LogP contribution in [0, 0.1) is 5.82 Å². The summed E-state index contributed by atoms with van der Waals surface area (Å²) in [6, 6.07) is 5.20. The minimum atomic E-state index is -1.24. The molecule has 0 atom stereocenters. The molecule has 1 aromatic heterocycles. The van der Waals surface area contributed by atoms with Gasteiger partial charge in [0.05, 0.1) is 19.8 Å². The molecule has 154 valence electrons. The Morgan fingerprint density at radius 2 is 1.80 bits per heavy atom. The highest BCUT2D eigenvalue weighted by Crippen LogP contribution is 2.28. The molecule has 1 aromatic carbocycles. The molecule has 10 heteroatoms. The Morgan fingerprint density at radius 3 is 2.40 bits per heavy atom. The van der Waals surface area contributed by atoms with Crippen molar-refractivity contribution in [1.29, 1.82) is 0 Å². The van der Waals surface area contributed by atoms with Crippen molar-refractivity contribution >= 4 is 23.6 Å².